The molecule has 0 aromatic carbocycles. The molecule has 14 heavy (non-hydrogen) atoms. The Labute approximate surface area is 85.2 Å². The van der Waals surface area contributed by atoms with E-state index in [1.807, 2.05) is 20.0 Å². The third-order valence-corrected chi connectivity index (χ3v) is 1.93. The molecule has 0 aliphatic rings. The maximum absolute atomic E-state index is 4.29. The van der Waals surface area contributed by atoms with Crippen molar-refractivity contribution < 1.29 is 0 Å². The number of hydrogen-bond acceptors (Lipinski definition) is 4. The molecule has 0 saturated carbocycles. The Morgan fingerprint density at radius 3 is 2.64 bits per heavy atom. The molecule has 0 spiro atoms. The summed E-state index contributed by atoms with van der Waals surface area (Å²) in [7, 11) is 1.86. The van der Waals surface area contributed by atoms with Gasteiger partial charge >= 0.3 is 0 Å². The minimum Gasteiger partial charge on any atom is -0.373 e. The molecular weight excluding hydrogens is 176 g/mol. The fraction of sp³-hybridized carbons (Fsp3) is 0.600. The second-order valence-corrected chi connectivity index (χ2v) is 3.22. The SMILES string of the molecule is CCCCNc1cc(NC)nc(C)n1. The van der Waals surface area contributed by atoms with Crippen LogP contribution >= 0.6 is 0 Å². The van der Waals surface area contributed by atoms with Gasteiger partial charge in [0.05, 0.1) is 0 Å². The average molecular weight is 194 g/mol. The molecule has 1 rings (SSSR count). The van der Waals surface area contributed by atoms with E-state index in [0.29, 0.717) is 0 Å². The molecule has 0 radical (unpaired) electrons. The minimum absolute atomic E-state index is 0.788. The van der Waals surface area contributed by atoms with Gasteiger partial charge in [-0.05, 0) is 13.3 Å². The molecule has 0 fully saturated rings. The van der Waals surface area contributed by atoms with Crippen LogP contribution in [0.4, 0.5) is 11.6 Å². The zero-order chi connectivity index (χ0) is 10.4. The van der Waals surface area contributed by atoms with Crippen LogP contribution in [-0.2, 0) is 0 Å². The first-order valence-electron chi connectivity index (χ1n) is 5.03. The predicted molar refractivity (Wildman–Crippen MR) is 59.7 cm³/mol. The summed E-state index contributed by atoms with van der Waals surface area (Å²) in [6.07, 6.45) is 2.36. The maximum atomic E-state index is 4.29. The standard InChI is InChI=1S/C10H18N4/c1-4-5-6-12-10-7-9(11-3)13-8(2)14-10/h7H,4-6H2,1-3H3,(H2,11,12,13,14). The van der Waals surface area contributed by atoms with E-state index < -0.39 is 0 Å². The van der Waals surface area contributed by atoms with Crippen molar-refractivity contribution in [3.8, 4) is 0 Å². The molecular formula is C10H18N4. The summed E-state index contributed by atoms with van der Waals surface area (Å²) in [6, 6.07) is 1.92. The van der Waals surface area contributed by atoms with Crippen LogP contribution in [0.1, 0.15) is 25.6 Å². The fourth-order valence-electron chi connectivity index (χ4n) is 1.18. The second-order valence-electron chi connectivity index (χ2n) is 3.22. The van der Waals surface area contributed by atoms with Crippen LogP contribution in [0.3, 0.4) is 0 Å². The van der Waals surface area contributed by atoms with E-state index in [2.05, 4.69) is 27.5 Å². The van der Waals surface area contributed by atoms with Gasteiger partial charge in [0.2, 0.25) is 0 Å². The Bertz CT molecular complexity index is 285. The lowest BCUT2D eigenvalue weighted by Gasteiger charge is -2.07. The number of nitrogens with zero attached hydrogens (tertiary/aromatic N) is 2. The Hall–Kier alpha value is -1.32. The molecule has 0 atom stereocenters. The van der Waals surface area contributed by atoms with Crippen molar-refractivity contribution in [3.63, 3.8) is 0 Å². The van der Waals surface area contributed by atoms with Crippen molar-refractivity contribution in [3.05, 3.63) is 11.9 Å². The van der Waals surface area contributed by atoms with E-state index in [4.69, 9.17) is 0 Å². The molecule has 0 bridgehead atoms. The van der Waals surface area contributed by atoms with Crippen molar-refractivity contribution in [2.45, 2.75) is 26.7 Å². The number of nitrogens with one attached hydrogen (secondary N) is 2. The van der Waals surface area contributed by atoms with E-state index in [-0.39, 0.29) is 0 Å². The second kappa shape index (κ2) is 5.42. The number of rotatable bonds is 5. The Kier molecular flexibility index (Phi) is 4.16. The summed E-state index contributed by atoms with van der Waals surface area (Å²) < 4.78 is 0. The Morgan fingerprint density at radius 1 is 1.29 bits per heavy atom. The normalized spacial score (nSPS) is 9.93. The summed E-state index contributed by atoms with van der Waals surface area (Å²) in [5.41, 5.74) is 0. The summed E-state index contributed by atoms with van der Waals surface area (Å²) in [6.45, 7) is 5.04. The lowest BCUT2D eigenvalue weighted by atomic mass is 10.3. The summed E-state index contributed by atoms with van der Waals surface area (Å²) in [5.74, 6) is 2.54. The van der Waals surface area contributed by atoms with Gasteiger partial charge in [-0.1, -0.05) is 13.3 Å². The van der Waals surface area contributed by atoms with Crippen LogP contribution in [0.25, 0.3) is 0 Å². The van der Waals surface area contributed by atoms with E-state index in [9.17, 15) is 0 Å². The van der Waals surface area contributed by atoms with Crippen LogP contribution in [0, 0.1) is 6.92 Å². The molecule has 1 aromatic heterocycles. The predicted octanol–water partition coefficient (Wildman–Crippen LogP) is 2.04. The topological polar surface area (TPSA) is 49.8 Å². The molecule has 0 saturated heterocycles. The zero-order valence-corrected chi connectivity index (χ0v) is 9.09. The van der Waals surface area contributed by atoms with E-state index >= 15 is 0 Å². The van der Waals surface area contributed by atoms with Gasteiger partial charge in [0.25, 0.3) is 0 Å². The highest BCUT2D eigenvalue weighted by molar-refractivity contribution is 5.46. The lowest BCUT2D eigenvalue weighted by molar-refractivity contribution is 0.829. The molecule has 4 nitrogen and oxygen atoms in total. The van der Waals surface area contributed by atoms with Crippen molar-refractivity contribution in [2.24, 2.45) is 0 Å². The van der Waals surface area contributed by atoms with Crippen molar-refractivity contribution in [1.82, 2.24) is 9.97 Å². The van der Waals surface area contributed by atoms with Crippen molar-refractivity contribution >= 4 is 11.6 Å². The van der Waals surface area contributed by atoms with Gasteiger partial charge in [-0.25, -0.2) is 9.97 Å². The Morgan fingerprint density at radius 2 is 2.00 bits per heavy atom. The van der Waals surface area contributed by atoms with Crippen LogP contribution in [0.2, 0.25) is 0 Å². The molecule has 0 amide bonds. The van der Waals surface area contributed by atoms with Crippen molar-refractivity contribution in [1.29, 1.82) is 0 Å². The summed E-state index contributed by atoms with van der Waals surface area (Å²) >= 11 is 0. The first-order chi connectivity index (χ1) is 6.76. The van der Waals surface area contributed by atoms with Crippen LogP contribution in [-0.4, -0.2) is 23.6 Å². The van der Waals surface area contributed by atoms with Crippen LogP contribution in [0.5, 0.6) is 0 Å². The molecule has 78 valence electrons. The maximum Gasteiger partial charge on any atom is 0.131 e. The zero-order valence-electron chi connectivity index (χ0n) is 9.09. The van der Waals surface area contributed by atoms with E-state index in [0.717, 1.165) is 30.4 Å². The average Bonchev–Trinajstić information content (AvgIpc) is 2.17. The van der Waals surface area contributed by atoms with Crippen molar-refractivity contribution in [2.75, 3.05) is 24.2 Å². The largest absolute Gasteiger partial charge is 0.373 e. The number of aryl methyl sites for hydroxylation is 1. The van der Waals surface area contributed by atoms with E-state index in [1.54, 1.807) is 0 Å². The number of unbranched alkanes of at least 4 members (excludes halogenated alkanes) is 1. The first kappa shape index (κ1) is 10.8. The fourth-order valence-corrected chi connectivity index (χ4v) is 1.18. The van der Waals surface area contributed by atoms with Crippen LogP contribution < -0.4 is 10.6 Å². The number of hydrogen-bond donors (Lipinski definition) is 2. The highest BCUT2D eigenvalue weighted by Crippen LogP contribution is 2.10. The molecule has 1 heterocycles. The summed E-state index contributed by atoms with van der Waals surface area (Å²) in [4.78, 5) is 8.51. The quantitative estimate of drug-likeness (QED) is 0.704. The van der Waals surface area contributed by atoms with Gasteiger partial charge < -0.3 is 10.6 Å². The number of anilines is 2. The van der Waals surface area contributed by atoms with Gasteiger partial charge in [0.15, 0.2) is 0 Å². The van der Waals surface area contributed by atoms with Gasteiger partial charge in [-0.2, -0.15) is 0 Å². The highest BCUT2D eigenvalue weighted by atomic mass is 15.1. The lowest BCUT2D eigenvalue weighted by Crippen LogP contribution is -2.06. The molecule has 0 unspecified atom stereocenters. The molecule has 0 aliphatic heterocycles. The molecule has 0 aliphatic carbocycles. The third-order valence-electron chi connectivity index (χ3n) is 1.93. The third kappa shape index (κ3) is 3.20. The molecule has 4 heteroatoms. The smallest absolute Gasteiger partial charge is 0.131 e. The van der Waals surface area contributed by atoms with Gasteiger partial charge in [0, 0.05) is 19.7 Å². The van der Waals surface area contributed by atoms with E-state index in [1.165, 1.54) is 6.42 Å². The summed E-state index contributed by atoms with van der Waals surface area (Å²) in [5, 5.41) is 6.28. The van der Waals surface area contributed by atoms with Gasteiger partial charge in [-0.3, -0.25) is 0 Å². The monoisotopic (exact) mass is 194 g/mol. The molecule has 1 aromatic rings. The first-order valence-corrected chi connectivity index (χ1v) is 5.03. The highest BCUT2D eigenvalue weighted by Gasteiger charge is 1.98. The number of aromatic nitrogens is 2. The Balaban J connectivity index is 2.62. The minimum atomic E-state index is 0.788. The molecule has 2 N–H and O–H groups in total. The van der Waals surface area contributed by atoms with Gasteiger partial charge in [-0.15, -0.1) is 0 Å². The van der Waals surface area contributed by atoms with Gasteiger partial charge in [0.1, 0.15) is 17.5 Å². The van der Waals surface area contributed by atoms with Crippen LogP contribution in [0.15, 0.2) is 6.07 Å².